The summed E-state index contributed by atoms with van der Waals surface area (Å²) in [5.41, 5.74) is 10.6. The molecule has 3 amide bonds. The number of aromatic nitrogens is 8. The Hall–Kier alpha value is -6.52. The summed E-state index contributed by atoms with van der Waals surface area (Å²) in [6.45, 7) is 9.06. The lowest BCUT2D eigenvalue weighted by atomic mass is 10.1. The molecule has 7 rings (SSSR count). The van der Waals surface area contributed by atoms with E-state index in [4.69, 9.17) is 25.2 Å². The number of anilines is 2. The molecule has 4 N–H and O–H groups in total. The van der Waals surface area contributed by atoms with Gasteiger partial charge in [0.15, 0.2) is 0 Å². The first-order valence-corrected chi connectivity index (χ1v) is 17.3. The number of amides is 3. The van der Waals surface area contributed by atoms with Crippen molar-refractivity contribution >= 4 is 58.0 Å². The van der Waals surface area contributed by atoms with Crippen LogP contribution in [0.2, 0.25) is 0 Å². The fourth-order valence-corrected chi connectivity index (χ4v) is 6.91. The monoisotopic (exact) mass is 721 g/mol. The van der Waals surface area contributed by atoms with Gasteiger partial charge < -0.3 is 24.3 Å². The standard InChI is InChI=1S/C36H39N11O6/c1-6-45-26(11-19(3)42-45)33(50)40-35-38-24-13-21(17-48)14-28(52-5)30(24)44(35)10-8-9-23-18-53-29-16-22(32(37)49)15-25-31(29)47(23)36(39-25)41-34(51)27-12-20(4)43-46(27)7-2/h11-17,23H,6-10,18H2,1-5H3,(H2,37,49)(H,38,40,50)(H,39,41,51). The van der Waals surface area contributed by atoms with Crippen molar-refractivity contribution in [2.75, 3.05) is 24.4 Å². The number of carbonyl (C=O) groups excluding carboxylic acids is 4. The van der Waals surface area contributed by atoms with Gasteiger partial charge in [0.05, 0.1) is 35.6 Å². The third-order valence-corrected chi connectivity index (χ3v) is 9.25. The molecule has 4 aromatic heterocycles. The number of ether oxygens (including phenoxy) is 2. The predicted molar refractivity (Wildman–Crippen MR) is 195 cm³/mol. The fourth-order valence-electron chi connectivity index (χ4n) is 6.91. The van der Waals surface area contributed by atoms with E-state index in [-0.39, 0.29) is 41.9 Å². The maximum absolute atomic E-state index is 13.6. The van der Waals surface area contributed by atoms with Crippen molar-refractivity contribution in [1.82, 2.24) is 38.7 Å². The molecule has 0 saturated carbocycles. The van der Waals surface area contributed by atoms with E-state index in [1.54, 1.807) is 45.8 Å². The van der Waals surface area contributed by atoms with Crippen molar-refractivity contribution in [2.24, 2.45) is 5.73 Å². The van der Waals surface area contributed by atoms with Gasteiger partial charge in [0.2, 0.25) is 17.8 Å². The Kier molecular flexibility index (Phi) is 9.15. The molecule has 0 saturated heterocycles. The highest BCUT2D eigenvalue weighted by molar-refractivity contribution is 6.05. The number of nitrogens with two attached hydrogens (primary N) is 1. The van der Waals surface area contributed by atoms with Gasteiger partial charge in [-0.15, -0.1) is 0 Å². The highest BCUT2D eigenvalue weighted by Gasteiger charge is 2.30. The van der Waals surface area contributed by atoms with Gasteiger partial charge in [0.1, 0.15) is 46.8 Å². The topological polar surface area (TPSA) is 208 Å². The summed E-state index contributed by atoms with van der Waals surface area (Å²) in [6, 6.07) is 9.57. The van der Waals surface area contributed by atoms with Crippen molar-refractivity contribution in [1.29, 1.82) is 0 Å². The smallest absolute Gasteiger partial charge is 0.276 e. The second-order valence-electron chi connectivity index (χ2n) is 12.8. The summed E-state index contributed by atoms with van der Waals surface area (Å²) in [5, 5.41) is 14.7. The average molecular weight is 722 g/mol. The van der Waals surface area contributed by atoms with Gasteiger partial charge in [-0.1, -0.05) is 0 Å². The molecule has 6 aromatic rings. The molecule has 2 aromatic carbocycles. The minimum Gasteiger partial charge on any atom is -0.494 e. The van der Waals surface area contributed by atoms with Crippen LogP contribution in [-0.2, 0) is 19.6 Å². The van der Waals surface area contributed by atoms with Gasteiger partial charge in [-0.3, -0.25) is 39.2 Å². The number of imidazole rings is 2. The molecule has 53 heavy (non-hydrogen) atoms. The molecular formula is C36H39N11O6. The van der Waals surface area contributed by atoms with Gasteiger partial charge in [0, 0.05) is 30.8 Å². The van der Waals surface area contributed by atoms with Gasteiger partial charge in [-0.25, -0.2) is 9.97 Å². The van der Waals surface area contributed by atoms with Crippen LogP contribution in [0.5, 0.6) is 11.5 Å². The number of methoxy groups -OCH3 is 1. The summed E-state index contributed by atoms with van der Waals surface area (Å²) in [4.78, 5) is 60.5. The van der Waals surface area contributed by atoms with Crippen LogP contribution in [0.15, 0.2) is 36.4 Å². The molecule has 1 unspecified atom stereocenters. The molecule has 1 atom stereocenters. The van der Waals surface area contributed by atoms with Crippen molar-refractivity contribution in [3.8, 4) is 11.5 Å². The Morgan fingerprint density at radius 1 is 0.906 bits per heavy atom. The molecule has 17 heteroatoms. The van der Waals surface area contributed by atoms with E-state index in [0.717, 1.165) is 0 Å². The number of aldehydes is 1. The zero-order chi connectivity index (χ0) is 37.6. The van der Waals surface area contributed by atoms with Crippen molar-refractivity contribution < 1.29 is 28.7 Å². The van der Waals surface area contributed by atoms with E-state index in [2.05, 4.69) is 20.8 Å². The van der Waals surface area contributed by atoms with E-state index < -0.39 is 5.91 Å². The van der Waals surface area contributed by atoms with E-state index in [1.807, 2.05) is 36.8 Å². The lowest BCUT2D eigenvalue weighted by Crippen LogP contribution is -2.26. The van der Waals surface area contributed by atoms with Crippen LogP contribution >= 0.6 is 0 Å². The molecule has 17 nitrogen and oxygen atoms in total. The lowest BCUT2D eigenvalue weighted by Gasteiger charge is -2.27. The first-order valence-electron chi connectivity index (χ1n) is 17.3. The van der Waals surface area contributed by atoms with Gasteiger partial charge >= 0.3 is 0 Å². The lowest BCUT2D eigenvalue weighted by molar-refractivity contribution is 0.0994. The summed E-state index contributed by atoms with van der Waals surface area (Å²) in [7, 11) is 1.51. The highest BCUT2D eigenvalue weighted by atomic mass is 16.5. The first kappa shape index (κ1) is 34.9. The molecule has 0 fully saturated rings. The maximum Gasteiger partial charge on any atom is 0.276 e. The average Bonchev–Trinajstić information content (AvgIpc) is 3.91. The number of aryl methyl sites for hydroxylation is 5. The molecule has 1 aliphatic heterocycles. The van der Waals surface area contributed by atoms with Crippen LogP contribution in [0.25, 0.3) is 22.1 Å². The number of hydrogen-bond acceptors (Lipinski definition) is 10. The van der Waals surface area contributed by atoms with Crippen LogP contribution in [0.3, 0.4) is 0 Å². The van der Waals surface area contributed by atoms with E-state index in [0.29, 0.717) is 101 Å². The second-order valence-corrected chi connectivity index (χ2v) is 12.8. The summed E-state index contributed by atoms with van der Waals surface area (Å²) in [5.74, 6) is 0.0248. The summed E-state index contributed by atoms with van der Waals surface area (Å²) >= 11 is 0. The minimum atomic E-state index is -0.628. The number of carbonyl (C=O) groups is 4. The number of fused-ring (bicyclic) bond motifs is 1. The van der Waals surface area contributed by atoms with E-state index in [9.17, 15) is 19.2 Å². The number of primary amides is 1. The molecule has 0 bridgehead atoms. The Balaban J connectivity index is 1.23. The third kappa shape index (κ3) is 6.34. The van der Waals surface area contributed by atoms with Crippen LogP contribution in [0, 0.1) is 13.8 Å². The van der Waals surface area contributed by atoms with Crippen molar-refractivity contribution in [2.45, 2.75) is 66.2 Å². The van der Waals surface area contributed by atoms with E-state index in [1.165, 1.54) is 7.11 Å². The second kappa shape index (κ2) is 13.9. The Morgan fingerprint density at radius 2 is 1.53 bits per heavy atom. The fraction of sp³-hybridized carbons (Fsp3) is 0.333. The van der Waals surface area contributed by atoms with E-state index >= 15 is 0 Å². The molecule has 1 aliphatic rings. The molecular weight excluding hydrogens is 682 g/mol. The molecule has 0 aliphatic carbocycles. The first-order chi connectivity index (χ1) is 25.5. The van der Waals surface area contributed by atoms with Gasteiger partial charge in [0.25, 0.3) is 11.8 Å². The molecule has 0 spiro atoms. The Bertz CT molecular complexity index is 2430. The van der Waals surface area contributed by atoms with Crippen molar-refractivity contribution in [3.05, 3.63) is 70.3 Å². The molecule has 5 heterocycles. The Morgan fingerprint density at radius 3 is 2.13 bits per heavy atom. The maximum atomic E-state index is 13.6. The van der Waals surface area contributed by atoms with Crippen LogP contribution in [-0.4, -0.2) is 76.4 Å². The number of nitrogens with zero attached hydrogens (tertiary/aromatic N) is 8. The Labute approximate surface area is 303 Å². The van der Waals surface area contributed by atoms with Crippen LogP contribution in [0.1, 0.15) is 85.8 Å². The largest absolute Gasteiger partial charge is 0.494 e. The zero-order valence-electron chi connectivity index (χ0n) is 30.0. The van der Waals surface area contributed by atoms with Gasteiger partial charge in [-0.2, -0.15) is 10.2 Å². The summed E-state index contributed by atoms with van der Waals surface area (Å²) < 4.78 is 18.9. The number of nitrogens with one attached hydrogen (secondary N) is 2. The molecule has 0 radical (unpaired) electrons. The van der Waals surface area contributed by atoms with Crippen molar-refractivity contribution in [3.63, 3.8) is 0 Å². The summed E-state index contributed by atoms with van der Waals surface area (Å²) in [6.07, 6.45) is 1.81. The molecule has 274 valence electrons. The zero-order valence-corrected chi connectivity index (χ0v) is 30.0. The SMILES string of the molecule is CCn1nc(C)cc1C(=O)Nc1nc2cc(C=O)cc(OC)c2n1CCCC1COc2cc(C(N)=O)cc3nc(NC(=O)c4cc(C)nn4CC)n1c23. The quantitative estimate of drug-likeness (QED) is 0.144. The third-order valence-electron chi connectivity index (χ3n) is 9.25. The minimum absolute atomic E-state index is 0.218. The highest BCUT2D eigenvalue weighted by Crippen LogP contribution is 2.39. The normalized spacial score (nSPS) is 13.6. The van der Waals surface area contributed by atoms with Crippen LogP contribution < -0.4 is 25.8 Å². The van der Waals surface area contributed by atoms with Crippen LogP contribution in [0.4, 0.5) is 11.9 Å². The number of rotatable bonds is 13. The van der Waals surface area contributed by atoms with Gasteiger partial charge in [-0.05, 0) is 76.9 Å². The predicted octanol–water partition coefficient (Wildman–Crippen LogP) is 4.27. The number of benzene rings is 2. The number of hydrogen-bond donors (Lipinski definition) is 3.